The number of cyclic esters (lactones) is 1. The van der Waals surface area contributed by atoms with Crippen molar-refractivity contribution in [1.29, 1.82) is 0 Å². The minimum atomic E-state index is -0.813. The van der Waals surface area contributed by atoms with Gasteiger partial charge in [-0.25, -0.2) is 18.9 Å². The Morgan fingerprint density at radius 1 is 1.29 bits per heavy atom. The van der Waals surface area contributed by atoms with Gasteiger partial charge in [0.2, 0.25) is 0 Å². The van der Waals surface area contributed by atoms with Gasteiger partial charge in [0.1, 0.15) is 36.1 Å². The second-order valence-corrected chi connectivity index (χ2v) is 8.98. The summed E-state index contributed by atoms with van der Waals surface area (Å²) in [5, 5.41) is 4.01. The average Bonchev–Trinajstić information content (AvgIpc) is 3.35. The SMILES string of the molecule is O=C1O[C@@H](Cn2cncn2)CN1c1ccc(N2[C@@H]3CC[C@H]2C[S+]([O-])C3)c(F)c1. The monoisotopic (exact) mass is 405 g/mol. The largest absolute Gasteiger partial charge is 0.616 e. The van der Waals surface area contributed by atoms with E-state index in [-0.39, 0.29) is 24.0 Å². The number of hydrogen-bond donors (Lipinski definition) is 0. The summed E-state index contributed by atoms with van der Waals surface area (Å²) < 4.78 is 33.9. The summed E-state index contributed by atoms with van der Waals surface area (Å²) in [6, 6.07) is 5.12. The van der Waals surface area contributed by atoms with Gasteiger partial charge < -0.3 is 14.2 Å². The Morgan fingerprint density at radius 2 is 2.07 bits per heavy atom. The van der Waals surface area contributed by atoms with Crippen molar-refractivity contribution in [2.45, 2.75) is 37.6 Å². The fraction of sp³-hybridized carbons (Fsp3) is 0.500. The number of carbonyl (C=O) groups excluding carboxylic acids is 1. The summed E-state index contributed by atoms with van der Waals surface area (Å²) >= 11 is -0.813. The highest BCUT2D eigenvalue weighted by Gasteiger charge is 2.44. The molecule has 2 aromatic rings. The highest BCUT2D eigenvalue weighted by Crippen LogP contribution is 2.38. The Bertz CT molecular complexity index is 868. The number of nitrogens with zero attached hydrogens (tertiary/aromatic N) is 5. The molecule has 3 aliphatic heterocycles. The standard InChI is InChI=1S/C18H20FN5O3S/c19-16-5-12(23-7-15(27-18(23)25)6-22-11-20-10-21-22)3-4-17(16)24-13-1-2-14(24)9-28(26)8-13/h3-5,10-11,13-15H,1-2,6-9H2/t13-,14+,15-,28?/m0/s1. The van der Waals surface area contributed by atoms with E-state index in [2.05, 4.69) is 15.0 Å². The van der Waals surface area contributed by atoms with E-state index >= 15 is 0 Å². The quantitative estimate of drug-likeness (QED) is 0.718. The van der Waals surface area contributed by atoms with Crippen LogP contribution in [0, 0.1) is 5.82 Å². The third-order valence-corrected chi connectivity index (χ3v) is 7.14. The second-order valence-electron chi connectivity index (χ2n) is 7.44. The van der Waals surface area contributed by atoms with Crippen molar-refractivity contribution in [1.82, 2.24) is 14.8 Å². The number of ether oxygens (including phenoxy) is 1. The van der Waals surface area contributed by atoms with Crippen molar-refractivity contribution in [2.24, 2.45) is 0 Å². The van der Waals surface area contributed by atoms with E-state index in [1.54, 1.807) is 23.1 Å². The van der Waals surface area contributed by atoms with E-state index in [9.17, 15) is 13.7 Å². The maximum Gasteiger partial charge on any atom is 0.414 e. The molecule has 8 nitrogen and oxygen atoms in total. The van der Waals surface area contributed by atoms with E-state index in [0.29, 0.717) is 36.0 Å². The highest BCUT2D eigenvalue weighted by atomic mass is 32.2. The lowest BCUT2D eigenvalue weighted by molar-refractivity contribution is 0.129. The Hall–Kier alpha value is -2.33. The highest BCUT2D eigenvalue weighted by molar-refractivity contribution is 7.91. The van der Waals surface area contributed by atoms with Crippen LogP contribution >= 0.6 is 0 Å². The molecule has 1 amide bonds. The van der Waals surface area contributed by atoms with Crippen LogP contribution in [0.1, 0.15) is 12.8 Å². The van der Waals surface area contributed by atoms with Crippen molar-refractivity contribution in [3.63, 3.8) is 0 Å². The van der Waals surface area contributed by atoms with Crippen LogP contribution < -0.4 is 9.80 Å². The smallest absolute Gasteiger partial charge is 0.414 e. The lowest BCUT2D eigenvalue weighted by atomic mass is 10.2. The maximum absolute atomic E-state index is 15.0. The first kappa shape index (κ1) is 17.7. The third-order valence-electron chi connectivity index (χ3n) is 5.63. The van der Waals surface area contributed by atoms with Gasteiger partial charge in [0.15, 0.2) is 0 Å². The minimum Gasteiger partial charge on any atom is -0.616 e. The third kappa shape index (κ3) is 3.10. The topological polar surface area (TPSA) is 86.6 Å². The van der Waals surface area contributed by atoms with E-state index in [1.165, 1.54) is 17.3 Å². The summed E-state index contributed by atoms with van der Waals surface area (Å²) in [6.07, 6.45) is 4.01. The molecule has 28 heavy (non-hydrogen) atoms. The number of benzene rings is 1. The van der Waals surface area contributed by atoms with Crippen molar-refractivity contribution in [2.75, 3.05) is 27.9 Å². The number of carbonyl (C=O) groups is 1. The molecule has 1 aromatic carbocycles. The van der Waals surface area contributed by atoms with Gasteiger partial charge >= 0.3 is 6.09 Å². The fourth-order valence-electron chi connectivity index (χ4n) is 4.42. The molecular formula is C18H20FN5O3S. The van der Waals surface area contributed by atoms with Crippen LogP contribution in [0.2, 0.25) is 0 Å². The summed E-state index contributed by atoms with van der Waals surface area (Å²) in [4.78, 5) is 19.6. The van der Waals surface area contributed by atoms with Gasteiger partial charge in [-0.05, 0) is 42.2 Å². The van der Waals surface area contributed by atoms with Crippen LogP contribution in [0.15, 0.2) is 30.9 Å². The predicted molar refractivity (Wildman–Crippen MR) is 101 cm³/mol. The first-order valence-corrected chi connectivity index (χ1v) is 10.8. The molecule has 1 aromatic heterocycles. The van der Waals surface area contributed by atoms with Crippen LogP contribution in [-0.4, -0.2) is 61.6 Å². The predicted octanol–water partition coefficient (Wildman–Crippen LogP) is 1.54. The van der Waals surface area contributed by atoms with Gasteiger partial charge in [0.25, 0.3) is 0 Å². The number of anilines is 2. The molecule has 3 saturated heterocycles. The van der Waals surface area contributed by atoms with E-state index in [4.69, 9.17) is 4.74 Å². The van der Waals surface area contributed by atoms with Gasteiger partial charge in [0, 0.05) is 0 Å². The average molecular weight is 405 g/mol. The van der Waals surface area contributed by atoms with E-state index in [0.717, 1.165) is 12.8 Å². The number of hydrogen-bond acceptors (Lipinski definition) is 6. The fourth-order valence-corrected chi connectivity index (χ4v) is 6.06. The second kappa shape index (κ2) is 6.93. The van der Waals surface area contributed by atoms with Crippen LogP contribution in [0.5, 0.6) is 0 Å². The number of rotatable bonds is 4. The van der Waals surface area contributed by atoms with Gasteiger partial charge in [-0.15, -0.1) is 0 Å². The normalized spacial score (nSPS) is 29.4. The molecule has 0 aliphatic carbocycles. The van der Waals surface area contributed by atoms with Gasteiger partial charge in [0.05, 0.1) is 36.5 Å². The first-order chi connectivity index (χ1) is 13.6. The van der Waals surface area contributed by atoms with Gasteiger partial charge in [-0.3, -0.25) is 4.90 Å². The molecule has 4 heterocycles. The number of aromatic nitrogens is 3. The Labute approximate surface area is 164 Å². The maximum atomic E-state index is 15.0. The minimum absolute atomic E-state index is 0.128. The molecule has 4 atom stereocenters. The number of fused-ring (bicyclic) bond motifs is 2. The Morgan fingerprint density at radius 3 is 2.75 bits per heavy atom. The van der Waals surface area contributed by atoms with E-state index < -0.39 is 17.3 Å². The molecule has 3 fully saturated rings. The van der Waals surface area contributed by atoms with Gasteiger partial charge in [-0.1, -0.05) is 0 Å². The Kier molecular flexibility index (Phi) is 4.39. The molecule has 5 rings (SSSR count). The van der Waals surface area contributed by atoms with Crippen LogP contribution in [0.3, 0.4) is 0 Å². The molecule has 10 heteroatoms. The molecule has 0 saturated carbocycles. The lowest BCUT2D eigenvalue weighted by Crippen LogP contribution is -2.49. The summed E-state index contributed by atoms with van der Waals surface area (Å²) in [5.74, 6) is 0.829. The zero-order valence-corrected chi connectivity index (χ0v) is 15.9. The van der Waals surface area contributed by atoms with Crippen LogP contribution in [0.25, 0.3) is 0 Å². The summed E-state index contributed by atoms with van der Waals surface area (Å²) in [7, 11) is 0. The molecular weight excluding hydrogens is 385 g/mol. The number of amides is 1. The van der Waals surface area contributed by atoms with Crippen LogP contribution in [-0.2, 0) is 22.5 Å². The van der Waals surface area contributed by atoms with Crippen molar-refractivity contribution < 1.29 is 18.5 Å². The zero-order valence-electron chi connectivity index (χ0n) is 15.1. The Balaban J connectivity index is 1.33. The summed E-state index contributed by atoms with van der Waals surface area (Å²) in [5.41, 5.74) is 1.000. The van der Waals surface area contributed by atoms with Crippen molar-refractivity contribution in [3.05, 3.63) is 36.7 Å². The number of halogens is 1. The molecule has 148 valence electrons. The van der Waals surface area contributed by atoms with Crippen molar-refractivity contribution in [3.8, 4) is 0 Å². The molecule has 0 radical (unpaired) electrons. The molecule has 2 bridgehead atoms. The molecule has 1 unspecified atom stereocenters. The molecule has 0 N–H and O–H groups in total. The zero-order chi connectivity index (χ0) is 19.3. The summed E-state index contributed by atoms with van der Waals surface area (Å²) in [6.45, 7) is 0.725. The van der Waals surface area contributed by atoms with Crippen LogP contribution in [0.4, 0.5) is 20.6 Å². The van der Waals surface area contributed by atoms with Crippen molar-refractivity contribution >= 4 is 28.6 Å². The van der Waals surface area contributed by atoms with E-state index in [1.807, 2.05) is 0 Å². The van der Waals surface area contributed by atoms with Gasteiger partial charge in [-0.2, -0.15) is 5.10 Å². The molecule has 0 spiro atoms. The first-order valence-electron chi connectivity index (χ1n) is 9.32. The molecule has 3 aliphatic rings. The lowest BCUT2D eigenvalue weighted by Gasteiger charge is -2.37.